The minimum absolute atomic E-state index is 0.142. The van der Waals surface area contributed by atoms with Crippen LogP contribution in [-0.2, 0) is 0 Å². The predicted molar refractivity (Wildman–Crippen MR) is 101 cm³/mol. The van der Waals surface area contributed by atoms with Gasteiger partial charge in [0, 0.05) is 8.95 Å². The summed E-state index contributed by atoms with van der Waals surface area (Å²) in [6.45, 7) is 0. The van der Waals surface area contributed by atoms with E-state index in [1.165, 1.54) is 0 Å². The highest BCUT2D eigenvalue weighted by Crippen LogP contribution is 2.66. The molecule has 2 N–H and O–H groups in total. The van der Waals surface area contributed by atoms with Gasteiger partial charge in [-0.25, -0.2) is 0 Å². The molecule has 4 rings (SSSR count). The summed E-state index contributed by atoms with van der Waals surface area (Å²) < 4.78 is 1.94. The maximum absolute atomic E-state index is 9.91. The first-order chi connectivity index (χ1) is 12.0. The maximum Gasteiger partial charge on any atom is 0.171 e. The summed E-state index contributed by atoms with van der Waals surface area (Å²) in [5.41, 5.74) is 8.20. The molecule has 2 aromatic carbocycles. The zero-order valence-electron chi connectivity index (χ0n) is 12.9. The Labute approximate surface area is 162 Å². The standard InChI is InChI=1S/C19H12Br2N4/c20-13-5-1-11(2-6-13)16-15(9-22)17(24)19(10-23)18(25(16)19)12-3-7-14(21)8-4-12/h1-8,16,18H,24H2/t16-,18+,19+,25?/m0/s1. The van der Waals surface area contributed by atoms with Gasteiger partial charge in [0.1, 0.15) is 0 Å². The van der Waals surface area contributed by atoms with Crippen molar-refractivity contribution < 1.29 is 0 Å². The van der Waals surface area contributed by atoms with Gasteiger partial charge in [-0.1, -0.05) is 56.1 Å². The number of hydrogen-bond donors (Lipinski definition) is 1. The van der Waals surface area contributed by atoms with Crippen molar-refractivity contribution in [2.24, 2.45) is 5.73 Å². The Morgan fingerprint density at radius 2 is 1.44 bits per heavy atom. The van der Waals surface area contributed by atoms with Crippen molar-refractivity contribution in [1.29, 1.82) is 10.5 Å². The Bertz CT molecular complexity index is 966. The summed E-state index contributed by atoms with van der Waals surface area (Å²) in [5, 5.41) is 19.5. The number of nitriles is 2. The van der Waals surface area contributed by atoms with Crippen molar-refractivity contribution in [3.63, 3.8) is 0 Å². The first-order valence-electron chi connectivity index (χ1n) is 7.65. The summed E-state index contributed by atoms with van der Waals surface area (Å²) in [6, 6.07) is 19.8. The van der Waals surface area contributed by atoms with Gasteiger partial charge in [0.2, 0.25) is 0 Å². The van der Waals surface area contributed by atoms with Gasteiger partial charge in [-0.2, -0.15) is 10.5 Å². The lowest BCUT2D eigenvalue weighted by Crippen LogP contribution is -2.20. The second kappa shape index (κ2) is 5.71. The minimum atomic E-state index is -0.934. The topological polar surface area (TPSA) is 76.6 Å². The smallest absolute Gasteiger partial charge is 0.171 e. The average Bonchev–Trinajstić information content (AvgIpc) is 3.23. The van der Waals surface area contributed by atoms with Crippen molar-refractivity contribution in [3.8, 4) is 12.1 Å². The Balaban J connectivity index is 1.84. The van der Waals surface area contributed by atoms with Gasteiger partial charge in [0.25, 0.3) is 0 Å². The first kappa shape index (κ1) is 16.4. The molecule has 1 fully saturated rings. The first-order valence-corrected chi connectivity index (χ1v) is 9.24. The number of nitrogens with two attached hydrogens (primary N) is 1. The maximum atomic E-state index is 9.91. The molecule has 2 heterocycles. The lowest BCUT2D eigenvalue weighted by atomic mass is 9.92. The van der Waals surface area contributed by atoms with E-state index in [0.29, 0.717) is 11.3 Å². The molecule has 0 saturated carbocycles. The molecule has 2 aliphatic heterocycles. The minimum Gasteiger partial charge on any atom is -0.399 e. The van der Waals surface area contributed by atoms with Crippen LogP contribution >= 0.6 is 31.9 Å². The van der Waals surface area contributed by atoms with E-state index in [4.69, 9.17) is 5.73 Å². The molecule has 4 atom stereocenters. The van der Waals surface area contributed by atoms with Gasteiger partial charge in [-0.15, -0.1) is 0 Å². The molecule has 0 aliphatic carbocycles. The van der Waals surface area contributed by atoms with Gasteiger partial charge >= 0.3 is 0 Å². The van der Waals surface area contributed by atoms with E-state index in [0.717, 1.165) is 20.1 Å². The molecule has 6 heteroatoms. The van der Waals surface area contributed by atoms with E-state index in [-0.39, 0.29) is 12.1 Å². The zero-order valence-corrected chi connectivity index (χ0v) is 16.1. The van der Waals surface area contributed by atoms with Crippen LogP contribution in [0.4, 0.5) is 0 Å². The van der Waals surface area contributed by atoms with Gasteiger partial charge in [0.05, 0.1) is 35.5 Å². The van der Waals surface area contributed by atoms with Crippen LogP contribution in [0.1, 0.15) is 23.2 Å². The number of nitrogens with zero attached hydrogens (tertiary/aromatic N) is 3. The summed E-state index contributed by atoms with van der Waals surface area (Å²) >= 11 is 6.87. The molecule has 2 aliphatic rings. The van der Waals surface area contributed by atoms with Crippen LogP contribution in [-0.4, -0.2) is 10.4 Å². The third kappa shape index (κ3) is 2.19. The predicted octanol–water partition coefficient (Wildman–Crippen LogP) is 4.32. The highest BCUT2D eigenvalue weighted by atomic mass is 79.9. The van der Waals surface area contributed by atoms with Gasteiger partial charge in [-0.3, -0.25) is 4.90 Å². The van der Waals surface area contributed by atoms with Crippen LogP contribution in [0.2, 0.25) is 0 Å². The number of halogens is 2. The van der Waals surface area contributed by atoms with Crippen molar-refractivity contribution in [1.82, 2.24) is 4.90 Å². The van der Waals surface area contributed by atoms with Crippen molar-refractivity contribution in [2.45, 2.75) is 17.6 Å². The molecule has 122 valence electrons. The van der Waals surface area contributed by atoms with Crippen molar-refractivity contribution in [2.75, 3.05) is 0 Å². The van der Waals surface area contributed by atoms with Crippen molar-refractivity contribution in [3.05, 3.63) is 79.9 Å². The lowest BCUT2D eigenvalue weighted by Gasteiger charge is -2.17. The van der Waals surface area contributed by atoms with Crippen LogP contribution in [0.15, 0.2) is 68.7 Å². The Morgan fingerprint density at radius 1 is 0.920 bits per heavy atom. The van der Waals surface area contributed by atoms with E-state index >= 15 is 0 Å². The zero-order chi connectivity index (χ0) is 17.8. The van der Waals surface area contributed by atoms with Gasteiger partial charge in [0.15, 0.2) is 5.54 Å². The summed E-state index contributed by atoms with van der Waals surface area (Å²) in [5.74, 6) is 0. The van der Waals surface area contributed by atoms with Gasteiger partial charge in [-0.05, 0) is 35.4 Å². The molecular weight excluding hydrogens is 444 g/mol. The molecular formula is C19H12Br2N4. The monoisotopic (exact) mass is 454 g/mol. The van der Waals surface area contributed by atoms with Gasteiger partial charge < -0.3 is 5.73 Å². The van der Waals surface area contributed by atoms with Crippen LogP contribution in [0.5, 0.6) is 0 Å². The molecule has 25 heavy (non-hydrogen) atoms. The number of hydrogen-bond acceptors (Lipinski definition) is 4. The normalized spacial score (nSPS) is 29.7. The second-order valence-corrected chi connectivity index (χ2v) is 7.96. The quantitative estimate of drug-likeness (QED) is 0.684. The largest absolute Gasteiger partial charge is 0.399 e. The fourth-order valence-electron chi connectivity index (χ4n) is 3.76. The average molecular weight is 456 g/mol. The molecule has 0 spiro atoms. The Kier molecular flexibility index (Phi) is 3.73. The van der Waals surface area contributed by atoms with E-state index < -0.39 is 5.54 Å². The summed E-state index contributed by atoms with van der Waals surface area (Å²) in [4.78, 5) is 2.04. The van der Waals surface area contributed by atoms with Crippen LogP contribution in [0.25, 0.3) is 0 Å². The summed E-state index contributed by atoms with van der Waals surface area (Å²) in [6.07, 6.45) is 0. The fourth-order valence-corrected chi connectivity index (χ4v) is 4.29. The molecule has 0 amide bonds. The molecule has 0 aromatic heterocycles. The highest BCUT2D eigenvalue weighted by molar-refractivity contribution is 9.10. The van der Waals surface area contributed by atoms with E-state index in [2.05, 4.69) is 44.0 Å². The Hall–Kier alpha value is -2.12. The van der Waals surface area contributed by atoms with Crippen LogP contribution in [0, 0.1) is 22.7 Å². The second-order valence-electron chi connectivity index (χ2n) is 6.13. The van der Waals surface area contributed by atoms with E-state index in [9.17, 15) is 10.5 Å². The number of benzene rings is 2. The molecule has 0 bridgehead atoms. The SMILES string of the molecule is N#CC1=C(N)[C@]2(C#N)[C@@H](c3ccc(Br)cc3)N2[C@H]1c1ccc(Br)cc1. The Morgan fingerprint density at radius 3 is 1.92 bits per heavy atom. The van der Waals surface area contributed by atoms with Crippen molar-refractivity contribution >= 4 is 31.9 Å². The fraction of sp³-hybridized carbons (Fsp3) is 0.158. The molecule has 1 unspecified atom stereocenters. The molecule has 1 saturated heterocycles. The third-order valence-corrected chi connectivity index (χ3v) is 5.99. The van der Waals surface area contributed by atoms with E-state index in [1.807, 2.05) is 53.4 Å². The third-order valence-electron chi connectivity index (χ3n) is 4.93. The molecule has 2 aromatic rings. The number of rotatable bonds is 2. The summed E-state index contributed by atoms with van der Waals surface area (Å²) in [7, 11) is 0. The molecule has 4 nitrogen and oxygen atoms in total. The molecule has 0 radical (unpaired) electrons. The highest BCUT2D eigenvalue weighted by Gasteiger charge is 2.73. The van der Waals surface area contributed by atoms with Crippen LogP contribution in [0.3, 0.4) is 0 Å². The number of fused-ring (bicyclic) bond motifs is 1. The van der Waals surface area contributed by atoms with E-state index in [1.54, 1.807) is 0 Å². The lowest BCUT2D eigenvalue weighted by molar-refractivity contribution is 0.425. The van der Waals surface area contributed by atoms with Crippen LogP contribution < -0.4 is 5.73 Å².